The summed E-state index contributed by atoms with van der Waals surface area (Å²) in [7, 11) is 0. The highest BCUT2D eigenvalue weighted by molar-refractivity contribution is 7.99. The molecule has 2 rings (SSSR count). The van der Waals surface area contributed by atoms with E-state index in [1.54, 1.807) is 0 Å². The van der Waals surface area contributed by atoms with Gasteiger partial charge in [-0.15, -0.1) is 0 Å². The second-order valence-corrected chi connectivity index (χ2v) is 5.97. The summed E-state index contributed by atoms with van der Waals surface area (Å²) >= 11 is 7.55. The molecule has 2 unspecified atom stereocenters. The number of anilines is 1. The summed E-state index contributed by atoms with van der Waals surface area (Å²) in [5.41, 5.74) is -0.129. The van der Waals surface area contributed by atoms with Gasteiger partial charge in [-0.2, -0.15) is 16.7 Å². The molecule has 1 aromatic heterocycles. The van der Waals surface area contributed by atoms with Gasteiger partial charge in [-0.05, 0) is 37.1 Å². The Bertz CT molecular complexity index is 474. The first-order valence-electron chi connectivity index (χ1n) is 6.06. The average molecular weight is 303 g/mol. The van der Waals surface area contributed by atoms with Gasteiger partial charge in [0.25, 0.3) is 0 Å². The Morgan fingerprint density at radius 3 is 3.05 bits per heavy atom. The normalized spacial score (nSPS) is 23.1. The standard InChI is InChI=1S/C11H15ClN4O2S/c1-19-8-4-2-3-7(5-8)14-10-9(16(17)18)6-13-11(12)15-10/h6-8H,2-5H2,1H3,(H,13,14,15). The lowest BCUT2D eigenvalue weighted by Crippen LogP contribution is -2.29. The van der Waals surface area contributed by atoms with Crippen LogP contribution in [0.4, 0.5) is 11.5 Å². The van der Waals surface area contributed by atoms with Crippen molar-refractivity contribution in [1.29, 1.82) is 0 Å². The molecule has 6 nitrogen and oxygen atoms in total. The summed E-state index contributed by atoms with van der Waals surface area (Å²) in [6.45, 7) is 0. The van der Waals surface area contributed by atoms with Crippen molar-refractivity contribution in [1.82, 2.24) is 9.97 Å². The first-order chi connectivity index (χ1) is 9.10. The molecule has 1 aliphatic carbocycles. The molecule has 0 spiro atoms. The molecule has 0 saturated heterocycles. The van der Waals surface area contributed by atoms with Crippen LogP contribution in [0.5, 0.6) is 0 Å². The molecule has 0 aromatic carbocycles. The molecule has 0 aliphatic heterocycles. The quantitative estimate of drug-likeness (QED) is 0.523. The van der Waals surface area contributed by atoms with Gasteiger partial charge in [0.15, 0.2) is 0 Å². The van der Waals surface area contributed by atoms with Crippen molar-refractivity contribution in [2.45, 2.75) is 37.0 Å². The zero-order valence-corrected chi connectivity index (χ0v) is 12.1. The smallest absolute Gasteiger partial charge is 0.329 e. The molecular formula is C11H15ClN4O2S. The first kappa shape index (κ1) is 14.3. The lowest BCUT2D eigenvalue weighted by Gasteiger charge is -2.28. The number of hydrogen-bond donors (Lipinski definition) is 1. The van der Waals surface area contributed by atoms with Crippen molar-refractivity contribution in [2.75, 3.05) is 11.6 Å². The van der Waals surface area contributed by atoms with E-state index in [0.717, 1.165) is 25.5 Å². The fourth-order valence-corrected chi connectivity index (χ4v) is 3.24. The first-order valence-corrected chi connectivity index (χ1v) is 7.73. The van der Waals surface area contributed by atoms with Crippen molar-refractivity contribution >= 4 is 34.9 Å². The number of nitrogens with zero attached hydrogens (tertiary/aromatic N) is 3. The Morgan fingerprint density at radius 2 is 2.37 bits per heavy atom. The Kier molecular flexibility index (Phi) is 4.81. The molecule has 1 N–H and O–H groups in total. The maximum Gasteiger partial charge on any atom is 0.329 e. The molecule has 1 aliphatic rings. The van der Waals surface area contributed by atoms with Gasteiger partial charge in [0, 0.05) is 11.3 Å². The Labute approximate surface area is 120 Å². The number of nitro groups is 1. The predicted molar refractivity (Wildman–Crippen MR) is 76.9 cm³/mol. The van der Waals surface area contributed by atoms with Crippen LogP contribution in [0.15, 0.2) is 6.20 Å². The highest BCUT2D eigenvalue weighted by atomic mass is 35.5. The second-order valence-electron chi connectivity index (χ2n) is 4.50. The van der Waals surface area contributed by atoms with Gasteiger partial charge in [-0.3, -0.25) is 10.1 Å². The van der Waals surface area contributed by atoms with Gasteiger partial charge in [-0.25, -0.2) is 4.98 Å². The summed E-state index contributed by atoms with van der Waals surface area (Å²) in [6.07, 6.45) is 7.54. The van der Waals surface area contributed by atoms with E-state index in [1.165, 1.54) is 6.42 Å². The number of halogens is 1. The van der Waals surface area contributed by atoms with Crippen molar-refractivity contribution < 1.29 is 4.92 Å². The number of hydrogen-bond acceptors (Lipinski definition) is 6. The van der Waals surface area contributed by atoms with Crippen LogP contribution in [0.2, 0.25) is 5.28 Å². The molecule has 0 radical (unpaired) electrons. The molecule has 19 heavy (non-hydrogen) atoms. The molecule has 2 atom stereocenters. The average Bonchev–Trinajstić information content (AvgIpc) is 2.38. The van der Waals surface area contributed by atoms with Crippen LogP contribution >= 0.6 is 23.4 Å². The maximum atomic E-state index is 10.9. The number of aromatic nitrogens is 2. The Morgan fingerprint density at radius 1 is 1.58 bits per heavy atom. The summed E-state index contributed by atoms with van der Waals surface area (Å²) in [5.74, 6) is 0.219. The zero-order valence-electron chi connectivity index (χ0n) is 10.5. The van der Waals surface area contributed by atoms with E-state index in [-0.39, 0.29) is 22.8 Å². The third kappa shape index (κ3) is 3.70. The molecule has 1 aromatic rings. The van der Waals surface area contributed by atoms with Crippen LogP contribution in [0.1, 0.15) is 25.7 Å². The van der Waals surface area contributed by atoms with Crippen LogP contribution in [-0.2, 0) is 0 Å². The van der Waals surface area contributed by atoms with Gasteiger partial charge in [0.1, 0.15) is 6.20 Å². The van der Waals surface area contributed by atoms with E-state index in [0.29, 0.717) is 5.25 Å². The maximum absolute atomic E-state index is 10.9. The largest absolute Gasteiger partial charge is 0.361 e. The fraction of sp³-hybridized carbons (Fsp3) is 0.636. The second kappa shape index (κ2) is 6.38. The topological polar surface area (TPSA) is 81.0 Å². The van der Waals surface area contributed by atoms with E-state index in [1.807, 2.05) is 11.8 Å². The van der Waals surface area contributed by atoms with Crippen LogP contribution in [-0.4, -0.2) is 32.4 Å². The molecule has 1 saturated carbocycles. The minimum atomic E-state index is -0.493. The highest BCUT2D eigenvalue weighted by Gasteiger charge is 2.25. The lowest BCUT2D eigenvalue weighted by molar-refractivity contribution is -0.384. The van der Waals surface area contributed by atoms with Gasteiger partial charge in [0.2, 0.25) is 11.1 Å². The molecule has 0 bridgehead atoms. The lowest BCUT2D eigenvalue weighted by atomic mass is 9.95. The van der Waals surface area contributed by atoms with Crippen LogP contribution < -0.4 is 5.32 Å². The fourth-order valence-electron chi connectivity index (χ4n) is 2.28. The third-order valence-electron chi connectivity index (χ3n) is 3.24. The zero-order chi connectivity index (χ0) is 13.8. The Hall–Kier alpha value is -1.08. The molecular weight excluding hydrogens is 288 g/mol. The number of nitrogens with one attached hydrogen (secondary N) is 1. The number of rotatable bonds is 4. The minimum Gasteiger partial charge on any atom is -0.361 e. The van der Waals surface area contributed by atoms with E-state index in [9.17, 15) is 10.1 Å². The monoisotopic (exact) mass is 302 g/mol. The van der Waals surface area contributed by atoms with E-state index in [2.05, 4.69) is 21.5 Å². The van der Waals surface area contributed by atoms with Crippen molar-refractivity contribution in [3.8, 4) is 0 Å². The minimum absolute atomic E-state index is 0.0188. The summed E-state index contributed by atoms with van der Waals surface area (Å²) < 4.78 is 0. The van der Waals surface area contributed by atoms with Gasteiger partial charge < -0.3 is 5.32 Å². The van der Waals surface area contributed by atoms with E-state index < -0.39 is 4.92 Å². The van der Waals surface area contributed by atoms with E-state index >= 15 is 0 Å². The van der Waals surface area contributed by atoms with Crippen LogP contribution in [0.3, 0.4) is 0 Å². The Balaban J connectivity index is 2.13. The SMILES string of the molecule is CSC1CCCC(Nc2nc(Cl)ncc2[N+](=O)[O-])C1. The van der Waals surface area contributed by atoms with Crippen LogP contribution in [0, 0.1) is 10.1 Å². The molecule has 104 valence electrons. The predicted octanol–water partition coefficient (Wildman–Crippen LogP) is 3.12. The third-order valence-corrected chi connectivity index (χ3v) is 4.51. The summed E-state index contributed by atoms with van der Waals surface area (Å²) in [5, 5.41) is 14.7. The molecule has 8 heteroatoms. The van der Waals surface area contributed by atoms with Crippen molar-refractivity contribution in [3.63, 3.8) is 0 Å². The molecule has 1 heterocycles. The van der Waals surface area contributed by atoms with E-state index in [4.69, 9.17) is 11.6 Å². The molecule has 1 fully saturated rings. The molecule has 0 amide bonds. The van der Waals surface area contributed by atoms with Gasteiger partial charge >= 0.3 is 5.69 Å². The van der Waals surface area contributed by atoms with Crippen molar-refractivity contribution in [2.24, 2.45) is 0 Å². The number of thioether (sulfide) groups is 1. The summed E-state index contributed by atoms with van der Waals surface area (Å²) in [6, 6.07) is 0.205. The van der Waals surface area contributed by atoms with Crippen LogP contribution in [0.25, 0.3) is 0 Å². The highest BCUT2D eigenvalue weighted by Crippen LogP contribution is 2.30. The van der Waals surface area contributed by atoms with Gasteiger partial charge in [-0.1, -0.05) is 6.42 Å². The van der Waals surface area contributed by atoms with Gasteiger partial charge in [0.05, 0.1) is 4.92 Å². The summed E-state index contributed by atoms with van der Waals surface area (Å²) in [4.78, 5) is 18.0. The van der Waals surface area contributed by atoms with Crippen molar-refractivity contribution in [3.05, 3.63) is 21.6 Å².